The molecule has 0 bridgehead atoms. The molecule has 6 heteroatoms. The predicted octanol–water partition coefficient (Wildman–Crippen LogP) is 16.0. The third-order valence-corrected chi connectivity index (χ3v) is 11.9. The number of esters is 1. The molecule has 0 saturated heterocycles. The molecule has 3 unspecified atom stereocenters. The fraction of sp³-hybridized carbons (Fsp3) is 0.786. The van der Waals surface area contributed by atoms with E-state index in [1.807, 2.05) is 0 Å². The highest BCUT2D eigenvalue weighted by molar-refractivity contribution is 5.77. The van der Waals surface area contributed by atoms with E-state index in [1.54, 1.807) is 0 Å². The van der Waals surface area contributed by atoms with Crippen LogP contribution in [0, 0.1) is 0 Å². The van der Waals surface area contributed by atoms with E-state index in [-0.39, 0.29) is 24.9 Å². The van der Waals surface area contributed by atoms with Crippen molar-refractivity contribution in [2.24, 2.45) is 0 Å². The summed E-state index contributed by atoms with van der Waals surface area (Å²) in [5.74, 6) is -0.524. The number of hydrogen-bond acceptors (Lipinski definition) is 5. The van der Waals surface area contributed by atoms with Gasteiger partial charge in [-0.2, -0.15) is 0 Å². The monoisotopic (exact) mass is 868 g/mol. The number of unbranched alkanes of at least 4 members (excludes halogenated alkanes) is 25. The maximum absolute atomic E-state index is 13.2. The van der Waals surface area contributed by atoms with Gasteiger partial charge in [0, 0.05) is 6.42 Å². The van der Waals surface area contributed by atoms with Crippen molar-refractivity contribution in [2.75, 3.05) is 6.61 Å². The van der Waals surface area contributed by atoms with Gasteiger partial charge < -0.3 is 20.3 Å². The fourth-order valence-electron chi connectivity index (χ4n) is 7.87. The first-order valence-corrected chi connectivity index (χ1v) is 26.5. The number of allylic oxidation sites excluding steroid dienone is 10. The first-order valence-electron chi connectivity index (χ1n) is 26.5. The lowest BCUT2D eigenvalue weighted by atomic mass is 10.0. The van der Waals surface area contributed by atoms with Gasteiger partial charge >= 0.3 is 5.97 Å². The highest BCUT2D eigenvalue weighted by Crippen LogP contribution is 2.17. The highest BCUT2D eigenvalue weighted by atomic mass is 16.5. The summed E-state index contributed by atoms with van der Waals surface area (Å²) in [6, 6.07) is -0.719. The lowest BCUT2D eigenvalue weighted by Crippen LogP contribution is -2.46. The van der Waals surface area contributed by atoms with Crippen LogP contribution in [0.3, 0.4) is 0 Å². The van der Waals surface area contributed by atoms with Gasteiger partial charge in [-0.15, -0.1) is 0 Å². The second-order valence-electron chi connectivity index (χ2n) is 17.9. The van der Waals surface area contributed by atoms with Crippen molar-refractivity contribution in [1.82, 2.24) is 5.32 Å². The molecule has 6 nitrogen and oxygen atoms in total. The summed E-state index contributed by atoms with van der Waals surface area (Å²) in [5, 5.41) is 23.8. The summed E-state index contributed by atoms with van der Waals surface area (Å²) in [5.41, 5.74) is 0. The van der Waals surface area contributed by atoms with Crippen LogP contribution in [0.2, 0.25) is 0 Å². The van der Waals surface area contributed by atoms with Crippen LogP contribution in [0.1, 0.15) is 258 Å². The maximum atomic E-state index is 13.2. The van der Waals surface area contributed by atoms with Crippen molar-refractivity contribution >= 4 is 11.9 Å². The maximum Gasteiger partial charge on any atom is 0.306 e. The Morgan fingerprint density at radius 3 is 1.29 bits per heavy atom. The first kappa shape index (κ1) is 59.6. The topological polar surface area (TPSA) is 95.9 Å². The zero-order chi connectivity index (χ0) is 45.2. The molecule has 0 aliphatic heterocycles. The number of hydrogen-bond donors (Lipinski definition) is 3. The second-order valence-corrected chi connectivity index (χ2v) is 17.9. The average Bonchev–Trinajstić information content (AvgIpc) is 3.26. The van der Waals surface area contributed by atoms with Crippen molar-refractivity contribution in [3.63, 3.8) is 0 Å². The summed E-state index contributed by atoms with van der Waals surface area (Å²) in [6.45, 7) is 6.36. The number of aliphatic hydroxyl groups excluding tert-OH is 2. The summed E-state index contributed by atoms with van der Waals surface area (Å²) in [7, 11) is 0. The zero-order valence-electron chi connectivity index (χ0n) is 41.0. The SMILES string of the molecule is CC/C=C\C/C=C\C/C=C\C/C=C\C/C=C\CCCC(CC(=O)NC(CO)C(O)CCCCCCCCCCCCCC)OC(=O)CCCCCCCCCCCCCCCC. The molecule has 0 fully saturated rings. The largest absolute Gasteiger partial charge is 0.462 e. The minimum absolute atomic E-state index is 0.0397. The summed E-state index contributed by atoms with van der Waals surface area (Å²) >= 11 is 0. The van der Waals surface area contributed by atoms with Crippen LogP contribution >= 0.6 is 0 Å². The Labute approximate surface area is 384 Å². The van der Waals surface area contributed by atoms with E-state index in [2.05, 4.69) is 86.8 Å². The first-order chi connectivity index (χ1) is 30.5. The van der Waals surface area contributed by atoms with Crippen molar-refractivity contribution < 1.29 is 24.5 Å². The van der Waals surface area contributed by atoms with Crippen molar-refractivity contribution in [3.05, 3.63) is 60.8 Å². The van der Waals surface area contributed by atoms with Crippen LogP contribution in [-0.4, -0.2) is 46.9 Å². The fourth-order valence-corrected chi connectivity index (χ4v) is 7.87. The van der Waals surface area contributed by atoms with E-state index in [9.17, 15) is 19.8 Å². The molecule has 0 heterocycles. The molecule has 0 saturated carbocycles. The van der Waals surface area contributed by atoms with E-state index in [4.69, 9.17) is 4.74 Å². The molecule has 1 amide bonds. The Balaban J connectivity index is 4.69. The van der Waals surface area contributed by atoms with E-state index >= 15 is 0 Å². The van der Waals surface area contributed by atoms with Gasteiger partial charge in [0.05, 0.1) is 25.2 Å². The van der Waals surface area contributed by atoms with Crippen LogP contribution in [-0.2, 0) is 14.3 Å². The van der Waals surface area contributed by atoms with Crippen molar-refractivity contribution in [2.45, 2.75) is 277 Å². The Kier molecular flexibility index (Phi) is 47.6. The second kappa shape index (κ2) is 49.6. The zero-order valence-corrected chi connectivity index (χ0v) is 41.0. The smallest absolute Gasteiger partial charge is 0.306 e. The molecule has 0 aliphatic carbocycles. The minimum atomic E-state index is -0.802. The molecule has 0 aromatic heterocycles. The van der Waals surface area contributed by atoms with E-state index in [0.717, 1.165) is 83.5 Å². The lowest BCUT2D eigenvalue weighted by Gasteiger charge is -2.24. The minimum Gasteiger partial charge on any atom is -0.462 e. The van der Waals surface area contributed by atoms with Crippen LogP contribution in [0.15, 0.2) is 60.8 Å². The van der Waals surface area contributed by atoms with Crippen LogP contribution in [0.4, 0.5) is 0 Å². The van der Waals surface area contributed by atoms with Gasteiger partial charge in [-0.1, -0.05) is 242 Å². The van der Waals surface area contributed by atoms with Gasteiger partial charge in [0.1, 0.15) is 6.10 Å². The van der Waals surface area contributed by atoms with Gasteiger partial charge in [0.25, 0.3) is 0 Å². The molecule has 0 radical (unpaired) electrons. The van der Waals surface area contributed by atoms with Crippen LogP contribution in [0.25, 0.3) is 0 Å². The van der Waals surface area contributed by atoms with Crippen molar-refractivity contribution in [1.29, 1.82) is 0 Å². The lowest BCUT2D eigenvalue weighted by molar-refractivity contribution is -0.151. The van der Waals surface area contributed by atoms with E-state index in [1.165, 1.54) is 128 Å². The standard InChI is InChI=1S/C56H101NO5/c1-4-7-10-13-16-19-22-25-27-28-29-30-32-35-38-41-44-47-52(62-56(61)49-46-43-40-37-34-31-26-23-20-17-14-11-8-5-2)50-55(60)57-53(51-58)54(59)48-45-42-39-36-33-24-21-18-15-12-9-6-3/h7,10,16,19,25,27,29-30,35,38,52-54,58-59H,4-6,8-9,11-15,17-18,20-24,26,28,31-34,36-37,39-51H2,1-3H3,(H,57,60)/b10-7-,19-16-,27-25-,30-29-,38-35-. The molecule has 62 heavy (non-hydrogen) atoms. The van der Waals surface area contributed by atoms with E-state index < -0.39 is 18.2 Å². The molecular weight excluding hydrogens is 767 g/mol. The van der Waals surface area contributed by atoms with Gasteiger partial charge in [0.2, 0.25) is 5.91 Å². The molecule has 360 valence electrons. The number of rotatable bonds is 47. The third kappa shape index (κ3) is 44.2. The number of carbonyl (C=O) groups excluding carboxylic acids is 2. The summed E-state index contributed by atoms with van der Waals surface area (Å²) in [4.78, 5) is 26.2. The Hall–Kier alpha value is -2.44. The molecule has 3 atom stereocenters. The molecule has 0 aromatic rings. The van der Waals surface area contributed by atoms with Gasteiger partial charge in [-0.3, -0.25) is 9.59 Å². The van der Waals surface area contributed by atoms with Gasteiger partial charge in [-0.05, 0) is 64.2 Å². The molecule has 0 aliphatic rings. The van der Waals surface area contributed by atoms with E-state index in [0.29, 0.717) is 19.3 Å². The van der Waals surface area contributed by atoms with Crippen LogP contribution in [0.5, 0.6) is 0 Å². The number of carbonyl (C=O) groups is 2. The third-order valence-electron chi connectivity index (χ3n) is 11.9. The molecule has 0 aromatic carbocycles. The Morgan fingerprint density at radius 2 is 0.871 bits per heavy atom. The normalized spacial score (nSPS) is 13.7. The van der Waals surface area contributed by atoms with Crippen LogP contribution < -0.4 is 5.32 Å². The predicted molar refractivity (Wildman–Crippen MR) is 268 cm³/mol. The highest BCUT2D eigenvalue weighted by Gasteiger charge is 2.24. The summed E-state index contributed by atoms with van der Waals surface area (Å²) < 4.78 is 5.91. The molecule has 0 rings (SSSR count). The van der Waals surface area contributed by atoms with Gasteiger partial charge in [-0.25, -0.2) is 0 Å². The number of aliphatic hydroxyl groups is 2. The summed E-state index contributed by atoms with van der Waals surface area (Å²) in [6.07, 6.45) is 61.4. The Morgan fingerprint density at radius 1 is 0.484 bits per heavy atom. The van der Waals surface area contributed by atoms with Crippen molar-refractivity contribution in [3.8, 4) is 0 Å². The van der Waals surface area contributed by atoms with Gasteiger partial charge in [0.15, 0.2) is 0 Å². The quantitative estimate of drug-likeness (QED) is 0.0322. The average molecular weight is 868 g/mol. The molecular formula is C56H101NO5. The molecule has 0 spiro atoms. The number of nitrogens with one attached hydrogen (secondary N) is 1. The molecule has 3 N–H and O–H groups in total. The number of amides is 1. The Bertz CT molecular complexity index is 1110. The number of ether oxygens (including phenoxy) is 1.